The number of hydrogen-bond acceptors (Lipinski definition) is 15. The van der Waals surface area contributed by atoms with E-state index < -0.39 is 12.1 Å². The molecule has 4 aliphatic rings. The summed E-state index contributed by atoms with van der Waals surface area (Å²) in [6.07, 6.45) is 20.4. The summed E-state index contributed by atoms with van der Waals surface area (Å²) in [4.78, 5) is 105. The van der Waals surface area contributed by atoms with Crippen molar-refractivity contribution >= 4 is 69.1 Å². The number of likely N-dealkylation sites (N-methyl/N-ethyl adjacent to an activating group) is 1. The van der Waals surface area contributed by atoms with E-state index in [0.29, 0.717) is 78.0 Å². The summed E-state index contributed by atoms with van der Waals surface area (Å²) in [6, 6.07) is 9.91. The molecule has 0 radical (unpaired) electrons. The van der Waals surface area contributed by atoms with Gasteiger partial charge in [-0.3, -0.25) is 33.3 Å². The summed E-state index contributed by atoms with van der Waals surface area (Å²) in [5.41, 5.74) is 2.88. The van der Waals surface area contributed by atoms with E-state index in [1.807, 2.05) is 40.3 Å². The Bertz CT molecular complexity index is 2980. The zero-order valence-electron chi connectivity index (χ0n) is 45.9. The molecule has 416 valence electrons. The summed E-state index contributed by atoms with van der Waals surface area (Å²) in [5.74, 6) is 1.18. The van der Waals surface area contributed by atoms with E-state index in [1.165, 1.54) is 18.3 Å². The van der Waals surface area contributed by atoms with Crippen molar-refractivity contribution < 1.29 is 28.7 Å². The minimum Gasteiger partial charge on any atom is -0.494 e. The highest BCUT2D eigenvalue weighted by atomic mass is 32.1. The Morgan fingerprint density at radius 1 is 0.821 bits per heavy atom. The Kier molecular flexibility index (Phi) is 19.0. The van der Waals surface area contributed by atoms with Gasteiger partial charge < -0.3 is 35.4 Å². The number of carbonyl (C=O) groups excluding carboxylic acids is 5. The van der Waals surface area contributed by atoms with E-state index in [-0.39, 0.29) is 58.4 Å². The summed E-state index contributed by atoms with van der Waals surface area (Å²) < 4.78 is 7.79. The number of likely N-dealkylation sites (tertiary alicyclic amines) is 1. The second kappa shape index (κ2) is 26.4. The highest BCUT2D eigenvalue weighted by Crippen LogP contribution is 2.37. The molecule has 9 rings (SSSR count). The molecule has 0 bridgehead atoms. The molecule has 4 aromatic heterocycles. The van der Waals surface area contributed by atoms with Crippen LogP contribution in [0.5, 0.6) is 5.75 Å². The number of pyridine rings is 2. The Morgan fingerprint density at radius 2 is 1.56 bits per heavy atom. The molecule has 3 amide bonds. The number of carbonyl (C=O) groups is 5. The SMILES string of the molecule is CN[C@@H](C)C(=O)N[C@H](C(=O)N1CCC[C@H]1c1nc(C(=O)c2cccc(OCCCCCCCCC(=O)N3CCN(c4ccc(Nc5ncc6c(C)c(C(C)=O)c(=O)n(C7CCCC7)c6n5)nc4)CC3)c2)cs1)C1CCCCC1. The van der Waals surface area contributed by atoms with E-state index >= 15 is 0 Å². The number of fused-ring (bicyclic) bond motifs is 1. The highest BCUT2D eigenvalue weighted by Gasteiger charge is 2.40. The van der Waals surface area contributed by atoms with Crippen LogP contribution in [0.1, 0.15) is 178 Å². The van der Waals surface area contributed by atoms with Crippen molar-refractivity contribution in [1.82, 2.24) is 44.9 Å². The lowest BCUT2D eigenvalue weighted by atomic mass is 9.83. The predicted octanol–water partition coefficient (Wildman–Crippen LogP) is 9.04. The number of anilines is 3. The van der Waals surface area contributed by atoms with E-state index in [0.717, 1.165) is 133 Å². The number of benzene rings is 1. The lowest BCUT2D eigenvalue weighted by molar-refractivity contribution is -0.139. The maximum absolute atomic E-state index is 14.2. The fourth-order valence-electron chi connectivity index (χ4n) is 11.9. The number of nitrogens with one attached hydrogen (secondary N) is 3. The average molecular weight is 1080 g/mol. The molecule has 19 heteroatoms. The number of ether oxygens (including phenoxy) is 1. The summed E-state index contributed by atoms with van der Waals surface area (Å²) in [5, 5.41) is 12.5. The number of rotatable bonds is 23. The van der Waals surface area contributed by atoms with Crippen LogP contribution in [0.3, 0.4) is 0 Å². The molecule has 78 heavy (non-hydrogen) atoms. The summed E-state index contributed by atoms with van der Waals surface area (Å²) in [6.45, 7) is 8.91. The maximum atomic E-state index is 14.2. The van der Waals surface area contributed by atoms with Crippen molar-refractivity contribution in [3.63, 3.8) is 0 Å². The Labute approximate surface area is 461 Å². The van der Waals surface area contributed by atoms with Gasteiger partial charge in [-0.25, -0.2) is 15.0 Å². The van der Waals surface area contributed by atoms with Gasteiger partial charge >= 0.3 is 0 Å². The van der Waals surface area contributed by atoms with Gasteiger partial charge in [0, 0.05) is 67.7 Å². The van der Waals surface area contributed by atoms with Gasteiger partial charge in [0.1, 0.15) is 34.0 Å². The van der Waals surface area contributed by atoms with Crippen LogP contribution in [0.25, 0.3) is 11.0 Å². The molecule has 5 aromatic rings. The number of ketones is 2. The molecular formula is C59H77N11O7S. The van der Waals surface area contributed by atoms with Gasteiger partial charge in [0.2, 0.25) is 29.5 Å². The number of amides is 3. The first-order valence-electron chi connectivity index (χ1n) is 28.6. The smallest absolute Gasteiger partial charge is 0.263 e. The number of Topliss-reactive ketones (excluding diaryl/α,β-unsaturated/α-hetero) is 1. The molecule has 3 N–H and O–H groups in total. The Morgan fingerprint density at radius 3 is 2.29 bits per heavy atom. The first kappa shape index (κ1) is 56.1. The molecule has 4 fully saturated rings. The first-order chi connectivity index (χ1) is 37.9. The second-order valence-corrected chi connectivity index (χ2v) is 22.6. The van der Waals surface area contributed by atoms with Crippen LogP contribution in [0.4, 0.5) is 17.5 Å². The quantitative estimate of drug-likeness (QED) is 0.0411. The van der Waals surface area contributed by atoms with Crippen molar-refractivity contribution in [2.45, 2.75) is 161 Å². The van der Waals surface area contributed by atoms with Crippen molar-refractivity contribution in [2.24, 2.45) is 5.92 Å². The lowest BCUT2D eigenvalue weighted by Crippen LogP contribution is -2.55. The molecule has 0 spiro atoms. The average Bonchev–Trinajstić information content (AvgIpc) is 4.29. The zero-order valence-corrected chi connectivity index (χ0v) is 46.7. The van der Waals surface area contributed by atoms with Crippen LogP contribution >= 0.6 is 11.3 Å². The van der Waals surface area contributed by atoms with E-state index in [1.54, 1.807) is 49.2 Å². The minimum absolute atomic E-state index is 0.00387. The molecule has 6 heterocycles. The fraction of sp³-hybridized carbons (Fsp3) is 0.559. The molecule has 2 saturated heterocycles. The summed E-state index contributed by atoms with van der Waals surface area (Å²) >= 11 is 1.41. The third-order valence-electron chi connectivity index (χ3n) is 16.5. The standard InChI is InChI=1S/C59H77N11O7S/c1-38-46-36-62-59(66-54(46)70(43-21-13-14-22-43)57(75)51(38)40(3)71)64-49-27-26-44(35-61-49)67-29-31-68(32-30-67)50(72)25-12-7-5-6-8-15-33-77-45-23-16-20-42(34-45)53(73)47-37-78-56(63-47)48-24-17-28-69(48)58(76)52(41-18-10-9-11-19-41)65-55(74)39(2)60-4/h16,20,23,26-27,34-37,39,41,43,48,52,60H,5-15,17-19,21-22,24-25,28-33H2,1-4H3,(H,65,74)(H,61,62,64,66)/t39-,48-,52-/m0/s1. The van der Waals surface area contributed by atoms with E-state index in [4.69, 9.17) is 14.7 Å². The minimum atomic E-state index is -0.576. The first-order valence-corrected chi connectivity index (χ1v) is 29.5. The Balaban J connectivity index is 0.662. The van der Waals surface area contributed by atoms with Gasteiger partial charge in [-0.05, 0) is 115 Å². The Hall–Kier alpha value is -6.60. The number of nitrogens with zero attached hydrogens (tertiary/aromatic N) is 8. The molecule has 0 unspecified atom stereocenters. The van der Waals surface area contributed by atoms with Crippen molar-refractivity contribution in [3.05, 3.63) is 91.9 Å². The number of piperazine rings is 1. The maximum Gasteiger partial charge on any atom is 0.263 e. The predicted molar refractivity (Wildman–Crippen MR) is 303 cm³/mol. The monoisotopic (exact) mass is 1080 g/mol. The van der Waals surface area contributed by atoms with Crippen molar-refractivity contribution in [2.75, 3.05) is 56.6 Å². The van der Waals surface area contributed by atoms with Gasteiger partial charge in [0.15, 0.2) is 5.78 Å². The summed E-state index contributed by atoms with van der Waals surface area (Å²) in [7, 11) is 1.74. The molecule has 1 aromatic carbocycles. The number of aryl methyl sites for hydroxylation is 1. The van der Waals surface area contributed by atoms with Gasteiger partial charge in [-0.1, -0.05) is 69.9 Å². The molecule has 18 nitrogen and oxygen atoms in total. The highest BCUT2D eigenvalue weighted by molar-refractivity contribution is 7.10. The van der Waals surface area contributed by atoms with E-state index in [2.05, 4.69) is 30.8 Å². The molecular weight excluding hydrogens is 1010 g/mol. The molecule has 2 aliphatic heterocycles. The number of thiazole rings is 1. The second-order valence-electron chi connectivity index (χ2n) is 21.7. The van der Waals surface area contributed by atoms with Crippen LogP contribution in [-0.4, -0.2) is 122 Å². The molecule has 2 aliphatic carbocycles. The van der Waals surface area contributed by atoms with Crippen LogP contribution in [0.15, 0.2) is 59.0 Å². The fourth-order valence-corrected chi connectivity index (χ4v) is 12.8. The van der Waals surface area contributed by atoms with Crippen molar-refractivity contribution in [1.29, 1.82) is 0 Å². The third kappa shape index (κ3) is 13.3. The zero-order chi connectivity index (χ0) is 54.7. The van der Waals surface area contributed by atoms with Gasteiger partial charge in [0.05, 0.1) is 36.1 Å². The van der Waals surface area contributed by atoms with E-state index in [9.17, 15) is 28.8 Å². The topological polar surface area (TPSA) is 214 Å². The van der Waals surface area contributed by atoms with Crippen molar-refractivity contribution in [3.8, 4) is 5.75 Å². The number of unbranched alkanes of at least 4 members (excludes halogenated alkanes) is 5. The van der Waals surface area contributed by atoms with Crippen LogP contribution in [-0.2, 0) is 14.4 Å². The normalized spacial score (nSPS) is 18.1. The van der Waals surface area contributed by atoms with Gasteiger partial charge in [-0.2, -0.15) is 4.98 Å². The van der Waals surface area contributed by atoms with Gasteiger partial charge in [0.25, 0.3) is 5.56 Å². The molecule has 2 saturated carbocycles. The number of aromatic nitrogens is 5. The van der Waals surface area contributed by atoms with Gasteiger partial charge in [-0.15, -0.1) is 11.3 Å². The van der Waals surface area contributed by atoms with Crippen LogP contribution in [0, 0.1) is 12.8 Å². The lowest BCUT2D eigenvalue weighted by Gasteiger charge is -2.36. The largest absolute Gasteiger partial charge is 0.494 e. The van der Waals surface area contributed by atoms with Crippen LogP contribution < -0.4 is 31.1 Å². The number of hydrogen-bond donors (Lipinski definition) is 3. The van der Waals surface area contributed by atoms with Crippen LogP contribution in [0.2, 0.25) is 0 Å². The third-order valence-corrected chi connectivity index (χ3v) is 17.4. The molecule has 3 atom stereocenters.